The van der Waals surface area contributed by atoms with Crippen LogP contribution in [0.4, 0.5) is 0 Å². The summed E-state index contributed by atoms with van der Waals surface area (Å²) in [5.41, 5.74) is 4.14. The van der Waals surface area contributed by atoms with E-state index >= 15 is 0 Å². The summed E-state index contributed by atoms with van der Waals surface area (Å²) < 4.78 is 6.53. The fraction of sp³-hybridized carbons (Fsp3) is 0.290. The van der Waals surface area contributed by atoms with Gasteiger partial charge < -0.3 is 4.42 Å². The molecule has 2 atom stereocenters. The van der Waals surface area contributed by atoms with Crippen LogP contribution in [0.1, 0.15) is 56.4 Å². The molecule has 0 aliphatic heterocycles. The average molecular weight is 482 g/mol. The van der Waals surface area contributed by atoms with Crippen LogP contribution < -0.4 is 4.89 Å². The normalized spacial score (nSPS) is 17.1. The van der Waals surface area contributed by atoms with Crippen molar-refractivity contribution < 1.29 is 19.0 Å². The minimum absolute atomic E-state index is 0.247. The fourth-order valence-electron chi connectivity index (χ4n) is 5.05. The Hall–Kier alpha value is -3.86. The van der Waals surface area contributed by atoms with E-state index in [9.17, 15) is 4.79 Å². The van der Waals surface area contributed by atoms with E-state index in [4.69, 9.17) is 19.2 Å². The lowest BCUT2D eigenvalue weighted by Gasteiger charge is -2.17. The number of rotatable bonds is 9. The van der Waals surface area contributed by atoms with Crippen LogP contribution in [-0.2, 0) is 16.1 Å². The van der Waals surface area contributed by atoms with Gasteiger partial charge in [0.2, 0.25) is 0 Å². The first-order valence-electron chi connectivity index (χ1n) is 12.8. The summed E-state index contributed by atoms with van der Waals surface area (Å²) in [6, 6.07) is 28.2. The zero-order valence-corrected chi connectivity index (χ0v) is 20.6. The van der Waals surface area contributed by atoms with Gasteiger partial charge in [-0.3, -0.25) is 9.78 Å². The molecule has 1 saturated carbocycles. The number of nitrogens with zero attached hydrogens (tertiary/aromatic N) is 1. The maximum absolute atomic E-state index is 11.6. The quantitative estimate of drug-likeness (QED) is 0.180. The molecule has 1 aliphatic rings. The highest BCUT2D eigenvalue weighted by Gasteiger charge is 2.33. The molecule has 4 aromatic rings. The lowest BCUT2D eigenvalue weighted by molar-refractivity contribution is -0.213. The van der Waals surface area contributed by atoms with E-state index in [-0.39, 0.29) is 11.9 Å². The van der Waals surface area contributed by atoms with Crippen molar-refractivity contribution in [3.05, 3.63) is 96.4 Å². The smallest absolute Gasteiger partial charge is 0.355 e. The lowest BCUT2D eigenvalue weighted by atomic mass is 9.89. The Balaban J connectivity index is 1.37. The molecule has 1 fully saturated rings. The van der Waals surface area contributed by atoms with E-state index in [1.54, 1.807) is 6.07 Å². The van der Waals surface area contributed by atoms with Crippen LogP contribution in [-0.4, -0.2) is 11.0 Å². The van der Waals surface area contributed by atoms with Crippen LogP contribution in [0.3, 0.4) is 0 Å². The molecule has 0 saturated heterocycles. The molecule has 1 heterocycles. The highest BCUT2D eigenvalue weighted by Crippen LogP contribution is 2.44. The first kappa shape index (κ1) is 23.9. The van der Waals surface area contributed by atoms with Gasteiger partial charge in [-0.2, -0.15) is 0 Å². The van der Waals surface area contributed by atoms with Crippen molar-refractivity contribution in [1.82, 2.24) is 4.98 Å². The lowest BCUT2D eigenvalue weighted by Crippen LogP contribution is -2.10. The van der Waals surface area contributed by atoms with E-state index in [1.165, 1.54) is 0 Å². The Bertz CT molecular complexity index is 1230. The predicted molar refractivity (Wildman–Crippen MR) is 139 cm³/mol. The molecule has 1 aromatic heterocycles. The molecule has 0 radical (unpaired) electrons. The summed E-state index contributed by atoms with van der Waals surface area (Å²) in [4.78, 5) is 26.9. The van der Waals surface area contributed by atoms with Gasteiger partial charge in [0.05, 0.1) is 0 Å². The maximum Gasteiger partial charge on any atom is 0.355 e. The van der Waals surface area contributed by atoms with Crippen molar-refractivity contribution in [2.75, 3.05) is 0 Å². The highest BCUT2D eigenvalue weighted by atomic mass is 17.2. The molecule has 184 valence electrons. The van der Waals surface area contributed by atoms with Crippen LogP contribution >= 0.6 is 0 Å². The second-order valence-corrected chi connectivity index (χ2v) is 9.40. The molecule has 5 heteroatoms. The van der Waals surface area contributed by atoms with Gasteiger partial charge in [0.25, 0.3) is 0 Å². The van der Waals surface area contributed by atoms with Gasteiger partial charge in [-0.25, -0.2) is 9.78 Å². The summed E-state index contributed by atoms with van der Waals surface area (Å²) in [6.45, 7) is 1.93. The third kappa shape index (κ3) is 5.51. The Morgan fingerprint density at radius 3 is 2.44 bits per heavy atom. The zero-order valence-electron chi connectivity index (χ0n) is 20.6. The molecular weight excluding hydrogens is 450 g/mol. The molecule has 0 N–H and O–H groups in total. The number of oxazole rings is 1. The van der Waals surface area contributed by atoms with E-state index < -0.39 is 0 Å². The average Bonchev–Trinajstić information content (AvgIpc) is 3.56. The van der Waals surface area contributed by atoms with Gasteiger partial charge in [0.15, 0.2) is 17.4 Å². The van der Waals surface area contributed by atoms with Crippen molar-refractivity contribution in [1.29, 1.82) is 0 Å². The first-order chi connectivity index (χ1) is 17.7. The van der Waals surface area contributed by atoms with Gasteiger partial charge in [0.1, 0.15) is 5.69 Å². The molecule has 2 unspecified atom stereocenters. The van der Waals surface area contributed by atoms with E-state index in [0.717, 1.165) is 66.1 Å². The predicted octanol–water partition coefficient (Wildman–Crippen LogP) is 7.77. The molecule has 1 aliphatic carbocycles. The van der Waals surface area contributed by atoms with Crippen LogP contribution in [0.15, 0.2) is 89.3 Å². The van der Waals surface area contributed by atoms with Crippen molar-refractivity contribution in [3.63, 3.8) is 0 Å². The van der Waals surface area contributed by atoms with Crippen LogP contribution in [0.25, 0.3) is 22.6 Å². The Morgan fingerprint density at radius 2 is 1.69 bits per heavy atom. The number of benzene rings is 3. The van der Waals surface area contributed by atoms with Crippen molar-refractivity contribution in [3.8, 4) is 28.3 Å². The van der Waals surface area contributed by atoms with Crippen molar-refractivity contribution in [2.45, 2.75) is 51.4 Å². The topological polar surface area (TPSA) is 61.6 Å². The van der Waals surface area contributed by atoms with Crippen molar-refractivity contribution in [2.24, 2.45) is 5.92 Å². The second kappa shape index (κ2) is 11.3. The maximum atomic E-state index is 11.6. The number of carbonyl (C=O) groups excluding carboxylic acids is 1. The van der Waals surface area contributed by atoms with Gasteiger partial charge in [-0.1, -0.05) is 86.1 Å². The largest absolute Gasteiger partial charge is 0.440 e. The molecule has 0 bridgehead atoms. The number of hydrogen-bond acceptors (Lipinski definition) is 5. The van der Waals surface area contributed by atoms with E-state index in [0.29, 0.717) is 18.1 Å². The fourth-order valence-corrected chi connectivity index (χ4v) is 5.05. The van der Waals surface area contributed by atoms with Crippen LogP contribution in [0, 0.1) is 5.92 Å². The molecular formula is C31H31NO4. The summed E-state index contributed by atoms with van der Waals surface area (Å²) in [6.07, 6.45) is 5.27. The SMILES string of the molecule is CCCC(=O)OOc1cccc(CC2CCCC2c2nc(-c3ccccc3)c(-c3ccccc3)o2)c1. The molecule has 5 rings (SSSR count). The summed E-state index contributed by atoms with van der Waals surface area (Å²) in [5, 5.41) is 0. The van der Waals surface area contributed by atoms with Gasteiger partial charge >= 0.3 is 5.97 Å². The molecule has 0 spiro atoms. The van der Waals surface area contributed by atoms with Gasteiger partial charge in [0, 0.05) is 23.5 Å². The Labute approximate surface area is 212 Å². The standard InChI is InChI=1S/C31H31NO4/c1-2-11-28(33)36-35-26-18-9-12-22(21-26)20-25-17-10-19-27(25)31-32-29(23-13-5-3-6-14-23)30(34-31)24-15-7-4-8-16-24/h3-9,12-16,18,21,25,27H,2,10-11,17,19-20H2,1H3. The molecule has 5 nitrogen and oxygen atoms in total. The summed E-state index contributed by atoms with van der Waals surface area (Å²) in [5.74, 6) is 2.49. The van der Waals surface area contributed by atoms with E-state index in [2.05, 4.69) is 30.3 Å². The molecule has 0 amide bonds. The first-order valence-corrected chi connectivity index (χ1v) is 12.8. The third-order valence-corrected chi connectivity index (χ3v) is 6.78. The highest BCUT2D eigenvalue weighted by molar-refractivity contribution is 5.76. The monoisotopic (exact) mass is 481 g/mol. The van der Waals surface area contributed by atoms with Crippen molar-refractivity contribution >= 4 is 5.97 Å². The Morgan fingerprint density at radius 1 is 0.944 bits per heavy atom. The van der Waals surface area contributed by atoms with Crippen LogP contribution in [0.2, 0.25) is 0 Å². The van der Waals surface area contributed by atoms with Gasteiger partial charge in [-0.15, -0.1) is 0 Å². The van der Waals surface area contributed by atoms with Gasteiger partial charge in [-0.05, 0) is 49.3 Å². The zero-order chi connectivity index (χ0) is 24.7. The third-order valence-electron chi connectivity index (χ3n) is 6.78. The van der Waals surface area contributed by atoms with E-state index in [1.807, 2.05) is 55.5 Å². The minimum atomic E-state index is -0.355. The number of carbonyl (C=O) groups is 1. The van der Waals surface area contributed by atoms with Crippen LogP contribution in [0.5, 0.6) is 5.75 Å². The minimum Gasteiger partial charge on any atom is -0.440 e. The summed E-state index contributed by atoms with van der Waals surface area (Å²) >= 11 is 0. The molecule has 36 heavy (non-hydrogen) atoms. The Kier molecular flexibility index (Phi) is 7.46. The summed E-state index contributed by atoms with van der Waals surface area (Å²) in [7, 11) is 0. The second-order valence-electron chi connectivity index (χ2n) is 9.40. The molecule has 3 aromatic carbocycles. The number of aromatic nitrogens is 1. The number of hydrogen-bond donors (Lipinski definition) is 0.